The number of methoxy groups -OCH3 is 1. The van der Waals surface area contributed by atoms with Crippen molar-refractivity contribution in [2.45, 2.75) is 6.54 Å². The van der Waals surface area contributed by atoms with Gasteiger partial charge in [0.15, 0.2) is 11.6 Å². The van der Waals surface area contributed by atoms with Crippen LogP contribution in [0.25, 0.3) is 0 Å². The average Bonchev–Trinajstić information content (AvgIpc) is 2.88. The topological polar surface area (TPSA) is 51.5 Å². The molecule has 0 amide bonds. The first kappa shape index (κ1) is 13.1. The van der Waals surface area contributed by atoms with E-state index in [9.17, 15) is 13.6 Å². The van der Waals surface area contributed by atoms with Crippen molar-refractivity contribution in [3.8, 4) is 0 Å². The summed E-state index contributed by atoms with van der Waals surface area (Å²) < 4.78 is 35.3. The van der Waals surface area contributed by atoms with Crippen LogP contribution in [-0.4, -0.2) is 13.1 Å². The lowest BCUT2D eigenvalue weighted by Crippen LogP contribution is -2.00. The molecule has 1 N–H and O–H groups in total. The van der Waals surface area contributed by atoms with Gasteiger partial charge in [-0.2, -0.15) is 0 Å². The molecule has 1 heterocycles. The van der Waals surface area contributed by atoms with Crippen molar-refractivity contribution in [2.75, 3.05) is 12.4 Å². The summed E-state index contributed by atoms with van der Waals surface area (Å²) in [6.45, 7) is 0.238. The minimum Gasteiger partial charge on any atom is -0.467 e. The van der Waals surface area contributed by atoms with Crippen LogP contribution in [0.2, 0.25) is 0 Å². The third-order valence-corrected chi connectivity index (χ3v) is 2.46. The van der Waals surface area contributed by atoms with Gasteiger partial charge in [0.1, 0.15) is 12.0 Å². The molecule has 2 rings (SSSR count). The van der Waals surface area contributed by atoms with Gasteiger partial charge >= 0.3 is 5.97 Å². The van der Waals surface area contributed by atoms with Crippen molar-refractivity contribution >= 4 is 11.7 Å². The van der Waals surface area contributed by atoms with Crippen LogP contribution in [0.15, 0.2) is 34.9 Å². The normalized spacial score (nSPS) is 10.3. The minimum absolute atomic E-state index is 0.238. The number of benzene rings is 1. The van der Waals surface area contributed by atoms with Crippen LogP contribution < -0.4 is 5.32 Å². The van der Waals surface area contributed by atoms with Crippen molar-refractivity contribution in [2.24, 2.45) is 0 Å². The highest BCUT2D eigenvalue weighted by atomic mass is 19.2. The Balaban J connectivity index is 2.00. The summed E-state index contributed by atoms with van der Waals surface area (Å²) in [7, 11) is 1.27. The molecule has 0 spiro atoms. The zero-order valence-corrected chi connectivity index (χ0v) is 10.1. The molecule has 4 nitrogen and oxygen atoms in total. The smallest absolute Gasteiger partial charge is 0.341 e. The molecule has 0 radical (unpaired) electrons. The fraction of sp³-hybridized carbons (Fsp3) is 0.154. The van der Waals surface area contributed by atoms with Gasteiger partial charge in [0.05, 0.1) is 19.2 Å². The van der Waals surface area contributed by atoms with Gasteiger partial charge in [-0.25, -0.2) is 13.6 Å². The maximum Gasteiger partial charge on any atom is 0.341 e. The number of carbonyl (C=O) groups excluding carboxylic acids is 1. The summed E-state index contributed by atoms with van der Waals surface area (Å²) in [6.07, 6.45) is 1.27. The summed E-state index contributed by atoms with van der Waals surface area (Å²) in [5.74, 6) is -1.86. The van der Waals surface area contributed by atoms with Crippen LogP contribution in [0.5, 0.6) is 0 Å². The number of rotatable bonds is 4. The number of hydrogen-bond acceptors (Lipinski definition) is 4. The lowest BCUT2D eigenvalue weighted by Gasteiger charge is -2.04. The first-order valence-electron chi connectivity index (χ1n) is 5.45. The molecule has 0 aliphatic carbocycles. The molecule has 0 saturated carbocycles. The van der Waals surface area contributed by atoms with Crippen molar-refractivity contribution < 1.29 is 22.7 Å². The molecule has 2 aromatic rings. The van der Waals surface area contributed by atoms with Crippen LogP contribution in [0.4, 0.5) is 14.5 Å². The molecule has 0 atom stereocenters. The molecule has 6 heteroatoms. The Hall–Kier alpha value is -2.37. The zero-order chi connectivity index (χ0) is 13.8. The third kappa shape index (κ3) is 3.09. The molecule has 0 saturated heterocycles. The van der Waals surface area contributed by atoms with Crippen molar-refractivity contribution in [3.63, 3.8) is 0 Å². The Labute approximate surface area is 108 Å². The number of furan rings is 1. The van der Waals surface area contributed by atoms with Gasteiger partial charge in [-0.05, 0) is 18.2 Å². The molecule has 0 fully saturated rings. The highest BCUT2D eigenvalue weighted by Gasteiger charge is 2.10. The van der Waals surface area contributed by atoms with Gasteiger partial charge < -0.3 is 14.5 Å². The Bertz CT molecular complexity index is 595. The van der Waals surface area contributed by atoms with E-state index in [-0.39, 0.29) is 6.54 Å². The van der Waals surface area contributed by atoms with Crippen LogP contribution in [0.1, 0.15) is 16.1 Å². The molecular weight excluding hydrogens is 256 g/mol. The van der Waals surface area contributed by atoms with Crippen LogP contribution in [0, 0.1) is 11.6 Å². The molecule has 1 aromatic carbocycles. The van der Waals surface area contributed by atoms with Crippen molar-refractivity contribution in [1.82, 2.24) is 0 Å². The summed E-state index contributed by atoms with van der Waals surface area (Å²) in [6, 6.07) is 4.99. The van der Waals surface area contributed by atoms with E-state index < -0.39 is 17.6 Å². The standard InChI is InChI=1S/C13H11F2NO3/c1-18-13(17)8-4-10(19-7-8)6-16-9-2-3-11(14)12(15)5-9/h2-5,7,16H,6H2,1H3. The summed E-state index contributed by atoms with van der Waals surface area (Å²) in [5, 5.41) is 2.85. The highest BCUT2D eigenvalue weighted by molar-refractivity contribution is 5.88. The van der Waals surface area contributed by atoms with Gasteiger partial charge in [-0.3, -0.25) is 0 Å². The number of esters is 1. The second-order valence-corrected chi connectivity index (χ2v) is 3.78. The molecule has 1 aromatic heterocycles. The average molecular weight is 267 g/mol. The fourth-order valence-corrected chi connectivity index (χ4v) is 1.49. The largest absolute Gasteiger partial charge is 0.467 e. The minimum atomic E-state index is -0.931. The molecule has 0 bridgehead atoms. The van der Waals surface area contributed by atoms with E-state index in [2.05, 4.69) is 10.1 Å². The Morgan fingerprint density at radius 1 is 1.32 bits per heavy atom. The molecule has 0 aliphatic heterocycles. The van der Waals surface area contributed by atoms with E-state index in [1.165, 1.54) is 25.5 Å². The van der Waals surface area contributed by atoms with Gasteiger partial charge in [0.2, 0.25) is 0 Å². The Morgan fingerprint density at radius 3 is 2.79 bits per heavy atom. The second-order valence-electron chi connectivity index (χ2n) is 3.78. The highest BCUT2D eigenvalue weighted by Crippen LogP contribution is 2.15. The van der Waals surface area contributed by atoms with Crippen LogP contribution >= 0.6 is 0 Å². The van der Waals surface area contributed by atoms with Crippen LogP contribution in [0.3, 0.4) is 0 Å². The third-order valence-electron chi connectivity index (χ3n) is 2.46. The van der Waals surface area contributed by atoms with Gasteiger partial charge in [0.25, 0.3) is 0 Å². The Morgan fingerprint density at radius 2 is 2.11 bits per heavy atom. The van der Waals surface area contributed by atoms with E-state index in [0.717, 1.165) is 12.1 Å². The number of carbonyl (C=O) groups is 1. The predicted molar refractivity (Wildman–Crippen MR) is 63.7 cm³/mol. The van der Waals surface area contributed by atoms with Gasteiger partial charge in [-0.15, -0.1) is 0 Å². The van der Waals surface area contributed by atoms with Gasteiger partial charge in [-0.1, -0.05) is 0 Å². The summed E-state index contributed by atoms with van der Waals surface area (Å²) >= 11 is 0. The predicted octanol–water partition coefficient (Wildman–Crippen LogP) is 2.96. The van der Waals surface area contributed by atoms with Gasteiger partial charge in [0, 0.05) is 11.8 Å². The number of halogens is 2. The monoisotopic (exact) mass is 267 g/mol. The fourth-order valence-electron chi connectivity index (χ4n) is 1.49. The first-order valence-corrected chi connectivity index (χ1v) is 5.45. The molecule has 19 heavy (non-hydrogen) atoms. The molecular formula is C13H11F2NO3. The lowest BCUT2D eigenvalue weighted by atomic mass is 10.3. The van der Waals surface area contributed by atoms with Crippen molar-refractivity contribution in [1.29, 1.82) is 0 Å². The zero-order valence-electron chi connectivity index (χ0n) is 10.1. The quantitative estimate of drug-likeness (QED) is 0.865. The van der Waals surface area contributed by atoms with E-state index in [1.807, 2.05) is 0 Å². The number of hydrogen-bond donors (Lipinski definition) is 1. The SMILES string of the molecule is COC(=O)c1coc(CNc2ccc(F)c(F)c2)c1. The molecule has 0 aliphatic rings. The van der Waals surface area contributed by atoms with E-state index in [1.54, 1.807) is 0 Å². The Kier molecular flexibility index (Phi) is 3.79. The summed E-state index contributed by atoms with van der Waals surface area (Å²) in [5.41, 5.74) is 0.708. The van der Waals surface area contributed by atoms with E-state index >= 15 is 0 Å². The first-order chi connectivity index (χ1) is 9.10. The molecule has 100 valence electrons. The van der Waals surface area contributed by atoms with E-state index in [4.69, 9.17) is 4.42 Å². The lowest BCUT2D eigenvalue weighted by molar-refractivity contribution is 0.0600. The van der Waals surface area contributed by atoms with E-state index in [0.29, 0.717) is 17.0 Å². The number of ether oxygens (including phenoxy) is 1. The number of nitrogens with one attached hydrogen (secondary N) is 1. The maximum absolute atomic E-state index is 13.0. The van der Waals surface area contributed by atoms with Crippen LogP contribution in [-0.2, 0) is 11.3 Å². The summed E-state index contributed by atoms with van der Waals surface area (Å²) in [4.78, 5) is 11.2. The molecule has 0 unspecified atom stereocenters. The second kappa shape index (κ2) is 5.51. The van der Waals surface area contributed by atoms with Crippen molar-refractivity contribution in [3.05, 3.63) is 53.5 Å². The number of anilines is 1. The maximum atomic E-state index is 13.0.